The van der Waals surface area contributed by atoms with Crippen molar-refractivity contribution in [1.82, 2.24) is 14.6 Å². The molecule has 3 heterocycles. The van der Waals surface area contributed by atoms with Crippen molar-refractivity contribution >= 4 is 28.2 Å². The van der Waals surface area contributed by atoms with Crippen LogP contribution in [0.2, 0.25) is 0 Å². The van der Waals surface area contributed by atoms with Crippen LogP contribution in [0, 0.1) is 3.70 Å². The van der Waals surface area contributed by atoms with Crippen LogP contribution in [0.5, 0.6) is 0 Å². The van der Waals surface area contributed by atoms with Crippen LogP contribution in [-0.4, -0.2) is 27.8 Å². The summed E-state index contributed by atoms with van der Waals surface area (Å²) in [6, 6.07) is 4.07. The molecule has 0 unspecified atom stereocenters. The summed E-state index contributed by atoms with van der Waals surface area (Å²) in [5.41, 5.74) is 1.81. The normalized spacial score (nSPS) is 18.3. The molecule has 0 spiro atoms. The van der Waals surface area contributed by atoms with Gasteiger partial charge < -0.3 is 9.47 Å². The van der Waals surface area contributed by atoms with Crippen LogP contribution in [0.4, 0.5) is 0 Å². The first-order valence-corrected chi connectivity index (χ1v) is 7.60. The smallest absolute Gasteiger partial charge is 0.198 e. The largest absolute Gasteiger partial charge is 0.343 e. The summed E-state index contributed by atoms with van der Waals surface area (Å²) in [6.45, 7) is 5.37. The Balaban J connectivity index is 2.23. The van der Waals surface area contributed by atoms with E-state index in [1.165, 1.54) is 0 Å². The summed E-state index contributed by atoms with van der Waals surface area (Å²) in [5, 5.41) is 4.52. The summed E-state index contributed by atoms with van der Waals surface area (Å²) >= 11 is 2.26. The number of rotatable bonds is 3. The predicted octanol–water partition coefficient (Wildman–Crippen LogP) is 2.51. The van der Waals surface area contributed by atoms with Crippen molar-refractivity contribution in [3.8, 4) is 0 Å². The van der Waals surface area contributed by atoms with Gasteiger partial charge in [-0.05, 0) is 34.7 Å². The fraction of sp³-hybridized carbons (Fsp3) is 0.538. The first-order valence-electron chi connectivity index (χ1n) is 6.52. The average Bonchev–Trinajstić information content (AvgIpc) is 3.06. The topological polar surface area (TPSA) is 48.7 Å². The van der Waals surface area contributed by atoms with Crippen molar-refractivity contribution in [3.05, 3.63) is 27.2 Å². The van der Waals surface area contributed by atoms with Gasteiger partial charge in [0.25, 0.3) is 0 Å². The first-order chi connectivity index (χ1) is 9.20. The molecular formula is C13H16IN3O2. The van der Waals surface area contributed by atoms with Gasteiger partial charge in [0, 0.05) is 12.8 Å². The molecule has 2 aromatic heterocycles. The summed E-state index contributed by atoms with van der Waals surface area (Å²) in [7, 11) is 0. The highest BCUT2D eigenvalue weighted by Gasteiger charge is 2.39. The van der Waals surface area contributed by atoms with Crippen LogP contribution >= 0.6 is 22.6 Å². The molecule has 0 N–H and O–H groups in total. The first kappa shape index (κ1) is 13.3. The molecule has 1 fully saturated rings. The minimum Gasteiger partial charge on any atom is -0.343 e. The number of pyridine rings is 1. The molecule has 0 aromatic carbocycles. The lowest BCUT2D eigenvalue weighted by molar-refractivity contribution is -0.166. The van der Waals surface area contributed by atoms with Gasteiger partial charge in [-0.15, -0.1) is 0 Å². The summed E-state index contributed by atoms with van der Waals surface area (Å²) < 4.78 is 14.6. The van der Waals surface area contributed by atoms with Crippen LogP contribution in [0.1, 0.15) is 31.7 Å². The Kier molecular flexibility index (Phi) is 3.48. The molecule has 3 rings (SSSR count). The van der Waals surface area contributed by atoms with Crippen LogP contribution in [-0.2, 0) is 21.7 Å². The van der Waals surface area contributed by atoms with Gasteiger partial charge in [-0.3, -0.25) is 0 Å². The van der Waals surface area contributed by atoms with Crippen molar-refractivity contribution in [2.45, 2.75) is 32.5 Å². The van der Waals surface area contributed by atoms with Crippen molar-refractivity contribution in [2.24, 2.45) is 0 Å². The molecule has 0 saturated carbocycles. The highest BCUT2D eigenvalue weighted by atomic mass is 127. The Morgan fingerprint density at radius 2 is 2.05 bits per heavy atom. The molecule has 0 radical (unpaired) electrons. The predicted molar refractivity (Wildman–Crippen MR) is 79.0 cm³/mol. The highest BCUT2D eigenvalue weighted by molar-refractivity contribution is 14.1. The summed E-state index contributed by atoms with van der Waals surface area (Å²) in [5.74, 6) is 0.179. The third-order valence-corrected chi connectivity index (χ3v) is 4.24. The molecule has 6 heteroatoms. The lowest BCUT2D eigenvalue weighted by atomic mass is 10.0. The van der Waals surface area contributed by atoms with Gasteiger partial charge in [0.1, 0.15) is 3.70 Å². The summed E-state index contributed by atoms with van der Waals surface area (Å²) in [4.78, 5) is 4.62. The number of nitrogens with zero attached hydrogens (tertiary/aromatic N) is 3. The van der Waals surface area contributed by atoms with E-state index in [1.807, 2.05) is 16.6 Å². The number of hydrogen-bond donors (Lipinski definition) is 0. The zero-order valence-corrected chi connectivity index (χ0v) is 13.2. The molecule has 19 heavy (non-hydrogen) atoms. The molecule has 0 bridgehead atoms. The second kappa shape index (κ2) is 4.99. The van der Waals surface area contributed by atoms with E-state index >= 15 is 0 Å². The Morgan fingerprint density at radius 1 is 1.32 bits per heavy atom. The van der Waals surface area contributed by atoms with E-state index in [0.29, 0.717) is 13.2 Å². The van der Waals surface area contributed by atoms with Crippen LogP contribution in [0.25, 0.3) is 5.65 Å². The lowest BCUT2D eigenvalue weighted by Crippen LogP contribution is -2.27. The fourth-order valence-electron chi connectivity index (χ4n) is 2.43. The van der Waals surface area contributed by atoms with Crippen LogP contribution in [0.3, 0.4) is 0 Å². The van der Waals surface area contributed by atoms with Gasteiger partial charge in [-0.2, -0.15) is 5.10 Å². The molecule has 0 aliphatic carbocycles. The Hall–Kier alpha value is -0.730. The van der Waals surface area contributed by atoms with E-state index in [9.17, 15) is 0 Å². The van der Waals surface area contributed by atoms with Crippen molar-refractivity contribution < 1.29 is 9.47 Å². The van der Waals surface area contributed by atoms with Crippen LogP contribution < -0.4 is 0 Å². The molecule has 0 atom stereocenters. The molecule has 2 aromatic rings. The SMILES string of the molecule is CCc1nc2c(C3(CC)OCCO3)ccc(I)n2n1. The number of ether oxygens (including phenoxy) is 2. The molecule has 0 amide bonds. The summed E-state index contributed by atoms with van der Waals surface area (Å²) in [6.07, 6.45) is 1.58. The minimum atomic E-state index is -0.663. The Labute approximate surface area is 125 Å². The quantitative estimate of drug-likeness (QED) is 0.613. The number of fused-ring (bicyclic) bond motifs is 1. The van der Waals surface area contributed by atoms with E-state index in [4.69, 9.17) is 9.47 Å². The van der Waals surface area contributed by atoms with E-state index in [-0.39, 0.29) is 0 Å². The fourth-order valence-corrected chi connectivity index (χ4v) is 2.94. The second-order valence-corrected chi connectivity index (χ2v) is 5.60. The highest BCUT2D eigenvalue weighted by Crippen LogP contribution is 2.36. The van der Waals surface area contributed by atoms with Gasteiger partial charge >= 0.3 is 0 Å². The van der Waals surface area contributed by atoms with Gasteiger partial charge in [-0.1, -0.05) is 13.8 Å². The number of halogens is 1. The van der Waals surface area contributed by atoms with Gasteiger partial charge in [0.05, 0.1) is 18.8 Å². The standard InChI is InChI=1S/C13H16IN3O2/c1-3-11-15-12-9(5-6-10(14)17(12)16-11)13(4-2)18-7-8-19-13/h5-6H,3-4,7-8H2,1-2H3. The maximum Gasteiger partial charge on any atom is 0.198 e. The monoisotopic (exact) mass is 373 g/mol. The van der Waals surface area contributed by atoms with E-state index in [1.54, 1.807) is 0 Å². The third kappa shape index (κ3) is 2.05. The minimum absolute atomic E-state index is 0.626. The molecule has 102 valence electrons. The number of hydrogen-bond acceptors (Lipinski definition) is 4. The second-order valence-electron chi connectivity index (χ2n) is 4.49. The average molecular weight is 373 g/mol. The van der Waals surface area contributed by atoms with Gasteiger partial charge in [0.2, 0.25) is 0 Å². The van der Waals surface area contributed by atoms with Crippen molar-refractivity contribution in [3.63, 3.8) is 0 Å². The molecular weight excluding hydrogens is 357 g/mol. The van der Waals surface area contributed by atoms with Crippen LogP contribution in [0.15, 0.2) is 12.1 Å². The molecule has 5 nitrogen and oxygen atoms in total. The lowest BCUT2D eigenvalue weighted by Gasteiger charge is -2.26. The van der Waals surface area contributed by atoms with E-state index < -0.39 is 5.79 Å². The zero-order valence-electron chi connectivity index (χ0n) is 11.0. The third-order valence-electron chi connectivity index (χ3n) is 3.43. The molecule has 1 saturated heterocycles. The van der Waals surface area contributed by atoms with E-state index in [2.05, 4.69) is 46.5 Å². The number of aryl methyl sites for hydroxylation is 1. The Bertz CT molecular complexity index is 605. The van der Waals surface area contributed by atoms with Crippen molar-refractivity contribution in [2.75, 3.05) is 13.2 Å². The number of aromatic nitrogens is 3. The van der Waals surface area contributed by atoms with Crippen molar-refractivity contribution in [1.29, 1.82) is 0 Å². The van der Waals surface area contributed by atoms with Gasteiger partial charge in [0.15, 0.2) is 17.3 Å². The molecule has 1 aliphatic rings. The molecule has 1 aliphatic heterocycles. The van der Waals surface area contributed by atoms with Gasteiger partial charge in [-0.25, -0.2) is 9.50 Å². The maximum atomic E-state index is 5.86. The Morgan fingerprint density at radius 3 is 2.68 bits per heavy atom. The maximum absolute atomic E-state index is 5.86. The zero-order chi connectivity index (χ0) is 13.5. The van der Waals surface area contributed by atoms with E-state index in [0.717, 1.165) is 33.6 Å².